The maximum Gasteiger partial charge on any atom is 0.408 e. The monoisotopic (exact) mass is 285 g/mol. The summed E-state index contributed by atoms with van der Waals surface area (Å²) in [5, 5.41) is 20.9. The molecule has 0 bridgehead atoms. The molecule has 0 aromatic heterocycles. The van der Waals surface area contributed by atoms with Gasteiger partial charge < -0.3 is 20.3 Å². The van der Waals surface area contributed by atoms with E-state index < -0.39 is 41.0 Å². The van der Waals surface area contributed by atoms with Gasteiger partial charge >= 0.3 is 18.0 Å². The highest BCUT2D eigenvalue weighted by Gasteiger charge is 2.72. The molecule has 0 spiro atoms. The lowest BCUT2D eigenvalue weighted by Crippen LogP contribution is -2.56. The first kappa shape index (κ1) is 14.6. The van der Waals surface area contributed by atoms with Crippen LogP contribution in [0.3, 0.4) is 0 Å². The number of ether oxygens (including phenoxy) is 1. The van der Waals surface area contributed by atoms with Crippen LogP contribution in [0.25, 0.3) is 0 Å². The first-order chi connectivity index (χ1) is 9.08. The summed E-state index contributed by atoms with van der Waals surface area (Å²) in [6.45, 7) is 5.03. The SMILES string of the molecule is CC(C)(C)OC(=O)NC1(C(=O)O)CCC2C(C(=O)O)C21. The highest BCUT2D eigenvalue weighted by atomic mass is 16.6. The zero-order valence-electron chi connectivity index (χ0n) is 11.7. The van der Waals surface area contributed by atoms with Gasteiger partial charge in [-0.2, -0.15) is 0 Å². The van der Waals surface area contributed by atoms with E-state index >= 15 is 0 Å². The number of hydrogen-bond acceptors (Lipinski definition) is 4. The van der Waals surface area contributed by atoms with Gasteiger partial charge in [0.05, 0.1) is 5.92 Å². The summed E-state index contributed by atoms with van der Waals surface area (Å²) in [7, 11) is 0. The molecule has 7 heteroatoms. The fourth-order valence-corrected chi connectivity index (χ4v) is 3.24. The molecule has 4 atom stereocenters. The Morgan fingerprint density at radius 1 is 1.25 bits per heavy atom. The van der Waals surface area contributed by atoms with Gasteiger partial charge in [0.15, 0.2) is 0 Å². The van der Waals surface area contributed by atoms with Crippen molar-refractivity contribution in [3.05, 3.63) is 0 Å². The van der Waals surface area contributed by atoms with Gasteiger partial charge in [-0.1, -0.05) is 0 Å². The van der Waals surface area contributed by atoms with Crippen molar-refractivity contribution in [1.82, 2.24) is 5.32 Å². The van der Waals surface area contributed by atoms with Crippen molar-refractivity contribution in [3.63, 3.8) is 0 Å². The van der Waals surface area contributed by atoms with Crippen molar-refractivity contribution < 1.29 is 29.3 Å². The van der Waals surface area contributed by atoms with Crippen molar-refractivity contribution >= 4 is 18.0 Å². The van der Waals surface area contributed by atoms with Gasteiger partial charge in [0.1, 0.15) is 11.1 Å². The molecular formula is C13H19NO6. The van der Waals surface area contributed by atoms with Gasteiger partial charge in [0.25, 0.3) is 0 Å². The van der Waals surface area contributed by atoms with Gasteiger partial charge in [-0.05, 0) is 39.5 Å². The average Bonchev–Trinajstić information content (AvgIpc) is 2.87. The number of carbonyl (C=O) groups excluding carboxylic acids is 1. The van der Waals surface area contributed by atoms with E-state index in [1.807, 2.05) is 0 Å². The number of rotatable bonds is 3. The first-order valence-electron chi connectivity index (χ1n) is 6.56. The second-order valence-corrected chi connectivity index (χ2v) is 6.50. The molecule has 0 aromatic rings. The van der Waals surface area contributed by atoms with Crippen LogP contribution in [-0.4, -0.2) is 39.4 Å². The van der Waals surface area contributed by atoms with Gasteiger partial charge in [-0.15, -0.1) is 0 Å². The Morgan fingerprint density at radius 2 is 1.85 bits per heavy atom. The Bertz CT molecular complexity index is 468. The number of carbonyl (C=O) groups is 3. The third-order valence-corrected chi connectivity index (χ3v) is 4.00. The van der Waals surface area contributed by atoms with Gasteiger partial charge in [0, 0.05) is 5.92 Å². The highest BCUT2D eigenvalue weighted by Crippen LogP contribution is 2.62. The standard InChI is InChI=1S/C13H19NO6/c1-12(2,3)20-11(19)14-13(10(17)18)5-4-6-7(8(6)13)9(15)16/h6-8H,4-5H2,1-3H3,(H,14,19)(H,15,16)(H,17,18). The summed E-state index contributed by atoms with van der Waals surface area (Å²) >= 11 is 0. The summed E-state index contributed by atoms with van der Waals surface area (Å²) in [5.41, 5.74) is -2.26. The minimum Gasteiger partial charge on any atom is -0.481 e. The maximum absolute atomic E-state index is 11.8. The quantitative estimate of drug-likeness (QED) is 0.715. The minimum atomic E-state index is -1.52. The van der Waals surface area contributed by atoms with Gasteiger partial charge in [0.2, 0.25) is 0 Å². The lowest BCUT2D eigenvalue weighted by molar-refractivity contribution is -0.147. The number of aliphatic carboxylic acids is 2. The molecule has 0 saturated heterocycles. The molecule has 0 aliphatic heterocycles. The molecule has 0 radical (unpaired) electrons. The Balaban J connectivity index is 2.15. The van der Waals surface area contributed by atoms with Crippen LogP contribution in [0, 0.1) is 17.8 Å². The highest BCUT2D eigenvalue weighted by molar-refractivity contribution is 5.89. The summed E-state index contributed by atoms with van der Waals surface area (Å²) in [6, 6.07) is 0. The molecular weight excluding hydrogens is 266 g/mol. The molecule has 0 heterocycles. The summed E-state index contributed by atoms with van der Waals surface area (Å²) in [5.74, 6) is -3.60. The zero-order chi connectivity index (χ0) is 15.3. The first-order valence-corrected chi connectivity index (χ1v) is 6.56. The topological polar surface area (TPSA) is 113 Å². The Labute approximate surface area is 116 Å². The largest absolute Gasteiger partial charge is 0.481 e. The number of carboxylic acids is 2. The summed E-state index contributed by atoms with van der Waals surface area (Å²) in [4.78, 5) is 34.5. The second-order valence-electron chi connectivity index (χ2n) is 6.50. The van der Waals surface area contributed by atoms with E-state index in [4.69, 9.17) is 9.84 Å². The number of hydrogen-bond donors (Lipinski definition) is 3. The lowest BCUT2D eigenvalue weighted by Gasteiger charge is -2.30. The smallest absolute Gasteiger partial charge is 0.408 e. The molecule has 0 aromatic carbocycles. The van der Waals surface area contributed by atoms with Crippen LogP contribution in [0.15, 0.2) is 0 Å². The van der Waals surface area contributed by atoms with Crippen LogP contribution in [0.4, 0.5) is 4.79 Å². The lowest BCUT2D eigenvalue weighted by atomic mass is 9.90. The van der Waals surface area contributed by atoms with Crippen molar-refractivity contribution in [3.8, 4) is 0 Å². The molecule has 2 fully saturated rings. The van der Waals surface area contributed by atoms with Crippen LogP contribution < -0.4 is 5.32 Å². The van der Waals surface area contributed by atoms with E-state index in [1.165, 1.54) is 0 Å². The van der Waals surface area contributed by atoms with Crippen LogP contribution >= 0.6 is 0 Å². The summed E-state index contributed by atoms with van der Waals surface area (Å²) < 4.78 is 5.08. The predicted octanol–water partition coefficient (Wildman–Crippen LogP) is 1.08. The molecule has 20 heavy (non-hydrogen) atoms. The minimum absolute atomic E-state index is 0.168. The van der Waals surface area contributed by atoms with Crippen molar-refractivity contribution in [2.24, 2.45) is 17.8 Å². The number of alkyl carbamates (subject to hydrolysis) is 1. The normalized spacial score (nSPS) is 35.0. The zero-order valence-corrected chi connectivity index (χ0v) is 11.7. The van der Waals surface area contributed by atoms with Crippen molar-refractivity contribution in [2.45, 2.75) is 44.8 Å². The van der Waals surface area contributed by atoms with Crippen LogP contribution in [0.1, 0.15) is 33.6 Å². The van der Waals surface area contributed by atoms with Crippen molar-refractivity contribution in [1.29, 1.82) is 0 Å². The van der Waals surface area contributed by atoms with E-state index in [1.54, 1.807) is 20.8 Å². The Hall–Kier alpha value is -1.79. The third kappa shape index (κ3) is 2.32. The van der Waals surface area contributed by atoms with Crippen LogP contribution in [0.5, 0.6) is 0 Å². The van der Waals surface area contributed by atoms with Gasteiger partial charge in [-0.25, -0.2) is 9.59 Å². The number of amides is 1. The molecule has 7 nitrogen and oxygen atoms in total. The van der Waals surface area contributed by atoms with E-state index in [0.717, 1.165) is 0 Å². The molecule has 2 aliphatic carbocycles. The van der Waals surface area contributed by atoms with Crippen molar-refractivity contribution in [2.75, 3.05) is 0 Å². The molecule has 2 saturated carbocycles. The number of fused-ring (bicyclic) bond motifs is 1. The summed E-state index contributed by atoms with van der Waals surface area (Å²) in [6.07, 6.45) is -0.0960. The van der Waals surface area contributed by atoms with Crippen LogP contribution in [-0.2, 0) is 14.3 Å². The number of carboxylic acid groups (broad SMARTS) is 2. The molecule has 112 valence electrons. The second kappa shape index (κ2) is 4.36. The Kier molecular flexibility index (Phi) is 3.19. The van der Waals surface area contributed by atoms with E-state index in [-0.39, 0.29) is 12.3 Å². The van der Waals surface area contributed by atoms with Crippen LogP contribution in [0.2, 0.25) is 0 Å². The molecule has 1 amide bonds. The molecule has 3 N–H and O–H groups in total. The van der Waals surface area contributed by atoms with E-state index in [0.29, 0.717) is 6.42 Å². The van der Waals surface area contributed by atoms with E-state index in [2.05, 4.69) is 5.32 Å². The third-order valence-electron chi connectivity index (χ3n) is 4.00. The maximum atomic E-state index is 11.8. The fourth-order valence-electron chi connectivity index (χ4n) is 3.24. The van der Waals surface area contributed by atoms with Gasteiger partial charge in [-0.3, -0.25) is 4.79 Å². The molecule has 2 aliphatic rings. The average molecular weight is 285 g/mol. The predicted molar refractivity (Wildman–Crippen MR) is 67.1 cm³/mol. The molecule has 4 unspecified atom stereocenters. The number of nitrogens with one attached hydrogen (secondary N) is 1. The fraction of sp³-hybridized carbons (Fsp3) is 0.769. The Morgan fingerprint density at radius 3 is 2.25 bits per heavy atom. The van der Waals surface area contributed by atoms with E-state index in [9.17, 15) is 19.5 Å². The molecule has 2 rings (SSSR count).